The number of hydrogen-bond donors (Lipinski definition) is 2. The minimum atomic E-state index is -3.44. The van der Waals surface area contributed by atoms with Crippen molar-refractivity contribution >= 4 is 37.3 Å². The van der Waals surface area contributed by atoms with Crippen LogP contribution in [0.4, 0.5) is 0 Å². The van der Waals surface area contributed by atoms with Crippen molar-refractivity contribution < 1.29 is 13.5 Å². The maximum absolute atomic E-state index is 12.1. The standard InChI is InChI=1S/C12H20BrNO3S2/c1-3-4-10(5-6-15)8-14-19(16,17)11-7-9(2)12(13)18-11/h7,10,14-15H,3-6,8H2,1-2H3. The van der Waals surface area contributed by atoms with Gasteiger partial charge in [-0.05, 0) is 53.2 Å². The molecule has 0 fully saturated rings. The van der Waals surface area contributed by atoms with Crippen molar-refractivity contribution in [1.82, 2.24) is 4.72 Å². The molecule has 2 N–H and O–H groups in total. The molecular formula is C12H20BrNO3S2. The molecule has 1 unspecified atom stereocenters. The molecule has 19 heavy (non-hydrogen) atoms. The Balaban J connectivity index is 2.68. The first-order valence-corrected chi connectivity index (χ1v) is 9.36. The van der Waals surface area contributed by atoms with Crippen LogP contribution in [0.5, 0.6) is 0 Å². The lowest BCUT2D eigenvalue weighted by Gasteiger charge is -2.15. The van der Waals surface area contributed by atoms with Gasteiger partial charge in [0.15, 0.2) is 0 Å². The van der Waals surface area contributed by atoms with E-state index in [0.717, 1.165) is 22.2 Å². The molecule has 1 heterocycles. The Morgan fingerprint density at radius 3 is 2.63 bits per heavy atom. The first kappa shape index (κ1) is 17.1. The van der Waals surface area contributed by atoms with Crippen molar-refractivity contribution in [3.05, 3.63) is 15.4 Å². The van der Waals surface area contributed by atoms with E-state index in [4.69, 9.17) is 5.11 Å². The summed E-state index contributed by atoms with van der Waals surface area (Å²) in [6, 6.07) is 1.66. The molecule has 0 spiro atoms. The SMILES string of the molecule is CCCC(CCO)CNS(=O)(=O)c1cc(C)c(Br)s1. The predicted octanol–water partition coefficient (Wildman–Crippen LogP) is 2.90. The van der Waals surface area contributed by atoms with Crippen LogP contribution < -0.4 is 4.72 Å². The van der Waals surface area contributed by atoms with Gasteiger partial charge < -0.3 is 5.11 Å². The van der Waals surface area contributed by atoms with Gasteiger partial charge in [-0.3, -0.25) is 0 Å². The molecule has 0 amide bonds. The molecule has 0 aliphatic heterocycles. The fourth-order valence-electron chi connectivity index (χ4n) is 1.80. The third kappa shape index (κ3) is 5.15. The van der Waals surface area contributed by atoms with E-state index in [1.54, 1.807) is 6.07 Å². The van der Waals surface area contributed by atoms with Crippen molar-refractivity contribution in [1.29, 1.82) is 0 Å². The first-order valence-electron chi connectivity index (χ1n) is 6.27. The summed E-state index contributed by atoms with van der Waals surface area (Å²) in [6.07, 6.45) is 2.52. The van der Waals surface area contributed by atoms with Crippen molar-refractivity contribution in [3.8, 4) is 0 Å². The fraction of sp³-hybridized carbons (Fsp3) is 0.667. The molecule has 1 atom stereocenters. The summed E-state index contributed by atoms with van der Waals surface area (Å²) in [4.78, 5) is 0. The molecule has 4 nitrogen and oxygen atoms in total. The minimum absolute atomic E-state index is 0.0933. The summed E-state index contributed by atoms with van der Waals surface area (Å²) in [5.41, 5.74) is 0.922. The summed E-state index contributed by atoms with van der Waals surface area (Å²) in [5, 5.41) is 8.97. The number of aryl methyl sites for hydroxylation is 1. The Morgan fingerprint density at radius 2 is 2.16 bits per heavy atom. The highest BCUT2D eigenvalue weighted by atomic mass is 79.9. The third-order valence-electron chi connectivity index (χ3n) is 2.90. The highest BCUT2D eigenvalue weighted by molar-refractivity contribution is 9.11. The molecule has 0 saturated heterocycles. The predicted molar refractivity (Wildman–Crippen MR) is 82.0 cm³/mol. The van der Waals surface area contributed by atoms with Crippen LogP contribution in [-0.4, -0.2) is 26.7 Å². The Bertz CT molecular complexity index is 474. The number of nitrogens with one attached hydrogen (secondary N) is 1. The van der Waals surface area contributed by atoms with E-state index in [1.165, 1.54) is 11.3 Å². The maximum Gasteiger partial charge on any atom is 0.250 e. The van der Waals surface area contributed by atoms with Crippen LogP contribution in [-0.2, 0) is 10.0 Å². The molecular weight excluding hydrogens is 350 g/mol. The number of aliphatic hydroxyl groups excluding tert-OH is 1. The van der Waals surface area contributed by atoms with Crippen LogP contribution in [0.1, 0.15) is 31.7 Å². The van der Waals surface area contributed by atoms with Crippen molar-refractivity contribution in [2.75, 3.05) is 13.2 Å². The van der Waals surface area contributed by atoms with Gasteiger partial charge in [-0.1, -0.05) is 13.3 Å². The lowest BCUT2D eigenvalue weighted by atomic mass is 10.0. The van der Waals surface area contributed by atoms with Gasteiger partial charge in [0.25, 0.3) is 0 Å². The topological polar surface area (TPSA) is 66.4 Å². The zero-order valence-corrected chi connectivity index (χ0v) is 14.4. The van der Waals surface area contributed by atoms with Gasteiger partial charge in [0.05, 0.1) is 3.79 Å². The summed E-state index contributed by atoms with van der Waals surface area (Å²) < 4.78 is 28.1. The third-order valence-corrected chi connectivity index (χ3v) is 6.93. The molecule has 1 aromatic rings. The van der Waals surface area contributed by atoms with E-state index >= 15 is 0 Å². The molecule has 0 aliphatic rings. The first-order chi connectivity index (χ1) is 8.90. The van der Waals surface area contributed by atoms with Crippen LogP contribution in [0.25, 0.3) is 0 Å². The summed E-state index contributed by atoms with van der Waals surface area (Å²) in [6.45, 7) is 4.39. The highest BCUT2D eigenvalue weighted by Gasteiger charge is 2.19. The molecule has 7 heteroatoms. The number of sulfonamides is 1. The zero-order chi connectivity index (χ0) is 14.5. The number of rotatable bonds is 8. The molecule has 0 aromatic carbocycles. The Labute approximate surface area is 127 Å². The van der Waals surface area contributed by atoms with Gasteiger partial charge in [-0.2, -0.15) is 0 Å². The quantitative estimate of drug-likeness (QED) is 0.740. The molecule has 0 bridgehead atoms. The van der Waals surface area contributed by atoms with Gasteiger partial charge >= 0.3 is 0 Å². The van der Waals surface area contributed by atoms with E-state index in [-0.39, 0.29) is 12.5 Å². The minimum Gasteiger partial charge on any atom is -0.396 e. The van der Waals surface area contributed by atoms with Gasteiger partial charge in [0.2, 0.25) is 10.0 Å². The van der Waals surface area contributed by atoms with E-state index in [9.17, 15) is 8.42 Å². The molecule has 110 valence electrons. The summed E-state index contributed by atoms with van der Waals surface area (Å²) in [7, 11) is -3.44. The number of halogens is 1. The van der Waals surface area contributed by atoms with Gasteiger partial charge in [-0.25, -0.2) is 13.1 Å². The zero-order valence-electron chi connectivity index (χ0n) is 11.1. The lowest BCUT2D eigenvalue weighted by Crippen LogP contribution is -2.29. The largest absolute Gasteiger partial charge is 0.396 e. The Morgan fingerprint density at radius 1 is 1.47 bits per heavy atom. The van der Waals surface area contributed by atoms with Crippen LogP contribution >= 0.6 is 27.3 Å². The lowest BCUT2D eigenvalue weighted by molar-refractivity contribution is 0.251. The average Bonchev–Trinajstić information content (AvgIpc) is 2.68. The second-order valence-corrected chi connectivity index (χ2v) is 8.90. The van der Waals surface area contributed by atoms with Gasteiger partial charge in [0.1, 0.15) is 4.21 Å². The number of aliphatic hydroxyl groups is 1. The molecule has 1 aromatic heterocycles. The highest BCUT2D eigenvalue weighted by Crippen LogP contribution is 2.30. The van der Waals surface area contributed by atoms with Crippen LogP contribution in [0.2, 0.25) is 0 Å². The average molecular weight is 370 g/mol. The van der Waals surface area contributed by atoms with E-state index in [2.05, 4.69) is 27.6 Å². The smallest absolute Gasteiger partial charge is 0.250 e. The van der Waals surface area contributed by atoms with Gasteiger partial charge in [-0.15, -0.1) is 11.3 Å². The maximum atomic E-state index is 12.1. The van der Waals surface area contributed by atoms with E-state index in [1.807, 2.05) is 6.92 Å². The Kier molecular flexibility index (Phi) is 6.96. The fourth-order valence-corrected chi connectivity index (χ4v) is 5.19. The Hall–Kier alpha value is 0.0500. The molecule has 0 saturated carbocycles. The van der Waals surface area contributed by atoms with Crippen molar-refractivity contribution in [2.24, 2.45) is 5.92 Å². The molecule has 0 radical (unpaired) electrons. The van der Waals surface area contributed by atoms with Crippen molar-refractivity contribution in [2.45, 2.75) is 37.3 Å². The van der Waals surface area contributed by atoms with Crippen LogP contribution in [0.3, 0.4) is 0 Å². The van der Waals surface area contributed by atoms with Crippen LogP contribution in [0.15, 0.2) is 14.1 Å². The second kappa shape index (κ2) is 7.73. The summed E-state index contributed by atoms with van der Waals surface area (Å²) in [5.74, 6) is 0.189. The van der Waals surface area contributed by atoms with Crippen LogP contribution in [0, 0.1) is 12.8 Å². The normalized spacial score (nSPS) is 13.7. The van der Waals surface area contributed by atoms with E-state index < -0.39 is 10.0 Å². The number of thiophene rings is 1. The summed E-state index contributed by atoms with van der Waals surface area (Å²) >= 11 is 4.55. The molecule has 0 aliphatic carbocycles. The van der Waals surface area contributed by atoms with Gasteiger partial charge in [0, 0.05) is 13.2 Å². The number of hydrogen-bond acceptors (Lipinski definition) is 4. The van der Waals surface area contributed by atoms with E-state index in [0.29, 0.717) is 17.2 Å². The molecule has 1 rings (SSSR count). The monoisotopic (exact) mass is 369 g/mol. The van der Waals surface area contributed by atoms with Crippen molar-refractivity contribution in [3.63, 3.8) is 0 Å². The second-order valence-electron chi connectivity index (χ2n) is 4.54.